The molecule has 9 heteroatoms. The molecule has 1 fully saturated rings. The lowest BCUT2D eigenvalue weighted by Gasteiger charge is -2.17. The molecular weight excluding hydrogens is 408 g/mol. The van der Waals surface area contributed by atoms with Gasteiger partial charge in [0.05, 0.1) is 34.7 Å². The summed E-state index contributed by atoms with van der Waals surface area (Å²) in [7, 11) is -3.27. The van der Waals surface area contributed by atoms with Gasteiger partial charge in [-0.1, -0.05) is 12.1 Å². The number of amides is 2. The van der Waals surface area contributed by atoms with Gasteiger partial charge in [-0.15, -0.1) is 0 Å². The van der Waals surface area contributed by atoms with Gasteiger partial charge < -0.3 is 4.74 Å². The Balaban J connectivity index is 1.29. The number of carbonyl (C=O) groups excluding carboxylic acids is 3. The van der Waals surface area contributed by atoms with Crippen molar-refractivity contribution in [2.24, 2.45) is 0 Å². The van der Waals surface area contributed by atoms with Crippen LogP contribution in [-0.2, 0) is 14.8 Å². The van der Waals surface area contributed by atoms with Gasteiger partial charge >= 0.3 is 5.97 Å². The first kappa shape index (κ1) is 20.1. The van der Waals surface area contributed by atoms with E-state index in [0.29, 0.717) is 41.8 Å². The van der Waals surface area contributed by atoms with Crippen molar-refractivity contribution in [3.63, 3.8) is 0 Å². The number of hydrogen-bond acceptors (Lipinski definition) is 6. The van der Waals surface area contributed by atoms with Crippen molar-refractivity contribution in [1.82, 2.24) is 4.90 Å². The van der Waals surface area contributed by atoms with Crippen LogP contribution in [0.5, 0.6) is 0 Å². The molecule has 2 amide bonds. The first-order chi connectivity index (χ1) is 14.4. The highest BCUT2D eigenvalue weighted by Crippen LogP contribution is 2.25. The Labute approximate surface area is 174 Å². The number of nitrogens with zero attached hydrogens (tertiary/aromatic N) is 2. The van der Waals surface area contributed by atoms with Crippen molar-refractivity contribution in [2.75, 3.05) is 29.8 Å². The van der Waals surface area contributed by atoms with E-state index in [1.54, 1.807) is 36.4 Å². The Morgan fingerprint density at radius 3 is 2.17 bits per heavy atom. The molecule has 0 aromatic heterocycles. The fourth-order valence-corrected chi connectivity index (χ4v) is 5.17. The monoisotopic (exact) mass is 428 g/mol. The van der Waals surface area contributed by atoms with Gasteiger partial charge in [0.15, 0.2) is 0 Å². The normalized spacial score (nSPS) is 17.3. The van der Waals surface area contributed by atoms with E-state index in [4.69, 9.17) is 4.74 Å². The maximum Gasteiger partial charge on any atom is 0.338 e. The van der Waals surface area contributed by atoms with E-state index in [9.17, 15) is 22.8 Å². The molecule has 2 aromatic carbocycles. The molecule has 30 heavy (non-hydrogen) atoms. The second kappa shape index (κ2) is 7.91. The van der Waals surface area contributed by atoms with Crippen molar-refractivity contribution in [2.45, 2.75) is 12.8 Å². The molecule has 2 heterocycles. The number of hydrogen-bond donors (Lipinski definition) is 0. The molecule has 2 aliphatic rings. The van der Waals surface area contributed by atoms with Crippen LogP contribution in [0.4, 0.5) is 5.69 Å². The van der Waals surface area contributed by atoms with Gasteiger partial charge in [-0.05, 0) is 49.2 Å². The van der Waals surface area contributed by atoms with E-state index in [-0.39, 0.29) is 30.7 Å². The third kappa shape index (κ3) is 3.68. The van der Waals surface area contributed by atoms with E-state index in [0.717, 1.165) is 4.90 Å². The van der Waals surface area contributed by atoms with Crippen LogP contribution in [0, 0.1) is 0 Å². The Bertz CT molecular complexity index is 1080. The average molecular weight is 428 g/mol. The largest absolute Gasteiger partial charge is 0.462 e. The molecule has 156 valence electrons. The van der Waals surface area contributed by atoms with Crippen molar-refractivity contribution in [1.29, 1.82) is 0 Å². The van der Waals surface area contributed by atoms with Crippen LogP contribution in [-0.4, -0.2) is 56.6 Å². The van der Waals surface area contributed by atoms with Gasteiger partial charge in [0, 0.05) is 13.1 Å². The summed E-state index contributed by atoms with van der Waals surface area (Å²) in [6.45, 7) is 0.643. The summed E-state index contributed by atoms with van der Waals surface area (Å²) in [6.07, 6.45) is 0.903. The number of anilines is 1. The highest BCUT2D eigenvalue weighted by atomic mass is 32.2. The lowest BCUT2D eigenvalue weighted by Crippen LogP contribution is -2.31. The Morgan fingerprint density at radius 2 is 1.60 bits per heavy atom. The summed E-state index contributed by atoms with van der Waals surface area (Å²) in [5, 5.41) is 0. The predicted octanol–water partition coefficient (Wildman–Crippen LogP) is 2.07. The van der Waals surface area contributed by atoms with E-state index in [1.807, 2.05) is 0 Å². The van der Waals surface area contributed by atoms with E-state index in [2.05, 4.69) is 0 Å². The summed E-state index contributed by atoms with van der Waals surface area (Å²) < 4.78 is 30.5. The van der Waals surface area contributed by atoms with Gasteiger partial charge in [0.2, 0.25) is 10.0 Å². The molecular formula is C21H20N2O6S. The van der Waals surface area contributed by atoms with Crippen LogP contribution >= 0.6 is 0 Å². The molecule has 0 N–H and O–H groups in total. The Hall–Kier alpha value is -3.20. The van der Waals surface area contributed by atoms with E-state index < -0.39 is 16.0 Å². The fraction of sp³-hybridized carbons (Fsp3) is 0.286. The summed E-state index contributed by atoms with van der Waals surface area (Å²) in [4.78, 5) is 38.0. The number of benzene rings is 2. The van der Waals surface area contributed by atoms with Crippen LogP contribution in [0.1, 0.15) is 43.9 Å². The van der Waals surface area contributed by atoms with Crippen molar-refractivity contribution >= 4 is 33.5 Å². The maximum absolute atomic E-state index is 12.3. The van der Waals surface area contributed by atoms with Gasteiger partial charge in [0.1, 0.15) is 0 Å². The standard InChI is InChI=1S/C21H20N2O6S/c24-19-17-5-1-2-6-18(17)20(25)22(19)11-3-13-29-21(26)15-7-9-16(10-8-15)23-12-4-14-30(23,27)28/h1-2,5-10H,3-4,11-14H2. The topological polar surface area (TPSA) is 101 Å². The van der Waals surface area contributed by atoms with Crippen LogP contribution in [0.2, 0.25) is 0 Å². The second-order valence-electron chi connectivity index (χ2n) is 7.09. The molecule has 0 unspecified atom stereocenters. The van der Waals surface area contributed by atoms with Crippen LogP contribution in [0.25, 0.3) is 0 Å². The van der Waals surface area contributed by atoms with Crippen LogP contribution in [0.15, 0.2) is 48.5 Å². The first-order valence-corrected chi connectivity index (χ1v) is 11.2. The molecule has 0 bridgehead atoms. The number of rotatable bonds is 6. The van der Waals surface area contributed by atoms with Gasteiger partial charge in [0.25, 0.3) is 11.8 Å². The number of sulfonamides is 1. The molecule has 0 aliphatic carbocycles. The molecule has 8 nitrogen and oxygen atoms in total. The van der Waals surface area contributed by atoms with Crippen molar-refractivity contribution < 1.29 is 27.5 Å². The second-order valence-corrected chi connectivity index (χ2v) is 9.10. The zero-order valence-corrected chi connectivity index (χ0v) is 16.9. The van der Waals surface area contributed by atoms with Gasteiger partial charge in [-0.25, -0.2) is 13.2 Å². The van der Waals surface area contributed by atoms with Crippen LogP contribution < -0.4 is 4.31 Å². The lowest BCUT2D eigenvalue weighted by molar-refractivity contribution is 0.0482. The summed E-state index contributed by atoms with van der Waals surface area (Å²) >= 11 is 0. The number of esters is 1. The minimum absolute atomic E-state index is 0.0501. The number of carbonyl (C=O) groups is 3. The Kier molecular flexibility index (Phi) is 5.29. The number of fused-ring (bicyclic) bond motifs is 1. The minimum Gasteiger partial charge on any atom is -0.462 e. The molecule has 1 saturated heterocycles. The first-order valence-electron chi connectivity index (χ1n) is 9.61. The Morgan fingerprint density at radius 1 is 0.967 bits per heavy atom. The molecule has 4 rings (SSSR count). The number of ether oxygens (including phenoxy) is 1. The molecule has 2 aromatic rings. The molecule has 0 radical (unpaired) electrons. The summed E-state index contributed by atoms with van der Waals surface area (Å²) in [5.41, 5.74) is 1.60. The van der Waals surface area contributed by atoms with E-state index in [1.165, 1.54) is 16.4 Å². The quantitative estimate of drug-likeness (QED) is 0.397. The summed E-state index contributed by atoms with van der Waals surface area (Å²) in [5.74, 6) is -1.10. The minimum atomic E-state index is -3.27. The highest BCUT2D eigenvalue weighted by Gasteiger charge is 2.34. The van der Waals surface area contributed by atoms with E-state index >= 15 is 0 Å². The maximum atomic E-state index is 12.3. The summed E-state index contributed by atoms with van der Waals surface area (Å²) in [6, 6.07) is 12.9. The highest BCUT2D eigenvalue weighted by molar-refractivity contribution is 7.93. The smallest absolute Gasteiger partial charge is 0.338 e. The molecule has 0 spiro atoms. The molecule has 0 atom stereocenters. The average Bonchev–Trinajstić information content (AvgIpc) is 3.22. The third-order valence-electron chi connectivity index (χ3n) is 5.13. The SMILES string of the molecule is O=C(OCCCN1C(=O)c2ccccc2C1=O)c1ccc(N2CCCS2(=O)=O)cc1. The zero-order valence-electron chi connectivity index (χ0n) is 16.1. The van der Waals surface area contributed by atoms with Crippen molar-refractivity contribution in [3.8, 4) is 0 Å². The third-order valence-corrected chi connectivity index (χ3v) is 7.00. The van der Waals surface area contributed by atoms with Crippen LogP contribution in [0.3, 0.4) is 0 Å². The molecule has 2 aliphatic heterocycles. The van der Waals surface area contributed by atoms with Gasteiger partial charge in [-0.3, -0.25) is 18.8 Å². The number of imide groups is 1. The zero-order chi connectivity index (χ0) is 21.3. The van der Waals surface area contributed by atoms with Crippen molar-refractivity contribution in [3.05, 3.63) is 65.2 Å². The lowest BCUT2D eigenvalue weighted by atomic mass is 10.1. The molecule has 0 saturated carbocycles. The predicted molar refractivity (Wildman–Crippen MR) is 109 cm³/mol. The van der Waals surface area contributed by atoms with Gasteiger partial charge in [-0.2, -0.15) is 0 Å². The fourth-order valence-electron chi connectivity index (χ4n) is 3.61.